The highest BCUT2D eigenvalue weighted by Gasteiger charge is 2.27. The first-order valence-electron chi connectivity index (χ1n) is 11.3. The van der Waals surface area contributed by atoms with Gasteiger partial charge in [-0.05, 0) is 60.9 Å². The van der Waals surface area contributed by atoms with Gasteiger partial charge in [-0.1, -0.05) is 40.2 Å². The van der Waals surface area contributed by atoms with E-state index in [0.717, 1.165) is 56.5 Å². The number of amides is 2. The van der Waals surface area contributed by atoms with E-state index < -0.39 is 0 Å². The van der Waals surface area contributed by atoms with Crippen LogP contribution in [0.4, 0.5) is 10.5 Å². The zero-order chi connectivity index (χ0) is 21.2. The van der Waals surface area contributed by atoms with Crippen LogP contribution in [0.2, 0.25) is 0 Å². The van der Waals surface area contributed by atoms with Crippen LogP contribution in [0.3, 0.4) is 0 Å². The molecule has 2 aliphatic rings. The SMILES string of the molecule is O=C(NCC1CCN(c2cccc(Br)c2)C1)N1CCC(c2c[nH]c3ccccc23)CC1. The van der Waals surface area contributed by atoms with Crippen molar-refractivity contribution >= 4 is 38.6 Å². The Hall–Kier alpha value is -2.47. The van der Waals surface area contributed by atoms with Crippen LogP contribution in [-0.2, 0) is 0 Å². The first kappa shape index (κ1) is 20.4. The number of para-hydroxylation sites is 1. The van der Waals surface area contributed by atoms with Gasteiger partial charge in [-0.15, -0.1) is 0 Å². The lowest BCUT2D eigenvalue weighted by molar-refractivity contribution is 0.180. The summed E-state index contributed by atoms with van der Waals surface area (Å²) in [5.74, 6) is 1.03. The first-order chi connectivity index (χ1) is 15.2. The second-order valence-electron chi connectivity index (χ2n) is 8.82. The van der Waals surface area contributed by atoms with E-state index in [0.29, 0.717) is 11.8 Å². The van der Waals surface area contributed by atoms with Gasteiger partial charge in [-0.25, -0.2) is 4.79 Å². The van der Waals surface area contributed by atoms with E-state index in [9.17, 15) is 4.79 Å². The molecule has 0 radical (unpaired) electrons. The summed E-state index contributed by atoms with van der Waals surface area (Å²) in [6.07, 6.45) is 5.32. The number of H-pyrrole nitrogens is 1. The van der Waals surface area contributed by atoms with Gasteiger partial charge in [-0.3, -0.25) is 0 Å². The van der Waals surface area contributed by atoms with Crippen molar-refractivity contribution in [2.45, 2.75) is 25.2 Å². The molecule has 5 rings (SSSR count). The third-order valence-corrected chi connectivity index (χ3v) is 7.34. The summed E-state index contributed by atoms with van der Waals surface area (Å²) in [5, 5.41) is 4.52. The van der Waals surface area contributed by atoms with Crippen LogP contribution >= 0.6 is 15.9 Å². The molecule has 2 amide bonds. The minimum Gasteiger partial charge on any atom is -0.371 e. The van der Waals surface area contributed by atoms with Gasteiger partial charge in [0.05, 0.1) is 0 Å². The molecular weight excluding hydrogens is 452 g/mol. The van der Waals surface area contributed by atoms with Crippen LogP contribution in [0.1, 0.15) is 30.7 Å². The maximum atomic E-state index is 12.7. The third kappa shape index (κ3) is 4.45. The third-order valence-electron chi connectivity index (χ3n) is 6.84. The number of hydrogen-bond donors (Lipinski definition) is 2. The molecule has 2 N–H and O–H groups in total. The van der Waals surface area contributed by atoms with E-state index in [1.54, 1.807) is 0 Å². The molecule has 6 heteroatoms. The average molecular weight is 481 g/mol. The van der Waals surface area contributed by atoms with Gasteiger partial charge in [0.15, 0.2) is 0 Å². The van der Waals surface area contributed by atoms with E-state index in [1.165, 1.54) is 22.2 Å². The largest absolute Gasteiger partial charge is 0.371 e. The molecule has 1 atom stereocenters. The van der Waals surface area contributed by atoms with Gasteiger partial charge < -0.3 is 20.1 Å². The van der Waals surface area contributed by atoms with Crippen LogP contribution < -0.4 is 10.2 Å². The van der Waals surface area contributed by atoms with Gasteiger partial charge in [0.25, 0.3) is 0 Å². The van der Waals surface area contributed by atoms with Gasteiger partial charge >= 0.3 is 6.03 Å². The number of hydrogen-bond acceptors (Lipinski definition) is 2. The number of benzene rings is 2. The predicted octanol–water partition coefficient (Wildman–Crippen LogP) is 5.35. The number of rotatable bonds is 4. The first-order valence-corrected chi connectivity index (χ1v) is 12.1. The molecule has 162 valence electrons. The summed E-state index contributed by atoms with van der Waals surface area (Å²) in [5.41, 5.74) is 3.85. The van der Waals surface area contributed by atoms with Gasteiger partial charge in [0.1, 0.15) is 0 Å². The average Bonchev–Trinajstić information content (AvgIpc) is 3.45. The normalized spacial score (nSPS) is 19.8. The number of carbonyl (C=O) groups excluding carboxylic acids is 1. The Labute approximate surface area is 191 Å². The number of fused-ring (bicyclic) bond motifs is 1. The molecule has 2 fully saturated rings. The number of halogens is 1. The van der Waals surface area contributed by atoms with E-state index in [4.69, 9.17) is 0 Å². The standard InChI is InChI=1S/C25H29BrN4O/c26-20-4-3-5-21(14-20)30-11-8-18(17-30)15-28-25(31)29-12-9-19(10-13-29)23-16-27-24-7-2-1-6-22(23)24/h1-7,14,16,18-19,27H,8-13,15,17H2,(H,28,31). The van der Waals surface area contributed by atoms with E-state index in [-0.39, 0.29) is 6.03 Å². The molecule has 3 aromatic rings. The van der Waals surface area contributed by atoms with E-state index in [2.05, 4.69) is 85.9 Å². The van der Waals surface area contributed by atoms with Gasteiger partial charge in [-0.2, -0.15) is 0 Å². The monoisotopic (exact) mass is 480 g/mol. The second-order valence-corrected chi connectivity index (χ2v) is 9.73. The van der Waals surface area contributed by atoms with Crippen LogP contribution in [-0.4, -0.2) is 48.6 Å². The number of aromatic nitrogens is 1. The number of nitrogens with one attached hydrogen (secondary N) is 2. The zero-order valence-electron chi connectivity index (χ0n) is 17.7. The van der Waals surface area contributed by atoms with Crippen LogP contribution in [0.15, 0.2) is 59.2 Å². The number of likely N-dealkylation sites (tertiary alicyclic amines) is 1. The van der Waals surface area contributed by atoms with Crippen molar-refractivity contribution in [2.24, 2.45) is 5.92 Å². The molecular formula is C25H29BrN4O. The number of aromatic amines is 1. The lowest BCUT2D eigenvalue weighted by Gasteiger charge is -2.32. The molecule has 31 heavy (non-hydrogen) atoms. The molecule has 1 unspecified atom stereocenters. The molecule has 5 nitrogen and oxygen atoms in total. The molecule has 0 bridgehead atoms. The molecule has 0 saturated carbocycles. The van der Waals surface area contributed by atoms with E-state index >= 15 is 0 Å². The highest BCUT2D eigenvalue weighted by atomic mass is 79.9. The van der Waals surface area contributed by atoms with E-state index in [1.807, 2.05) is 4.90 Å². The molecule has 3 heterocycles. The van der Waals surface area contributed by atoms with Crippen LogP contribution in [0, 0.1) is 5.92 Å². The minimum atomic E-state index is 0.0956. The van der Waals surface area contributed by atoms with Gasteiger partial charge in [0, 0.05) is 60.0 Å². The maximum Gasteiger partial charge on any atom is 0.317 e. The summed E-state index contributed by atoms with van der Waals surface area (Å²) in [7, 11) is 0. The Bertz CT molecular complexity index is 1060. The lowest BCUT2D eigenvalue weighted by atomic mass is 9.89. The Morgan fingerprint density at radius 1 is 1.06 bits per heavy atom. The Balaban J connectivity index is 1.10. The summed E-state index contributed by atoms with van der Waals surface area (Å²) in [6, 6.07) is 17.0. The van der Waals surface area contributed by atoms with Crippen molar-refractivity contribution in [3.05, 3.63) is 64.8 Å². The van der Waals surface area contributed by atoms with Crippen molar-refractivity contribution in [1.82, 2.24) is 15.2 Å². The highest BCUT2D eigenvalue weighted by molar-refractivity contribution is 9.10. The summed E-state index contributed by atoms with van der Waals surface area (Å²) in [4.78, 5) is 20.5. The van der Waals surface area contributed by atoms with Crippen LogP contribution in [0.5, 0.6) is 0 Å². The fraction of sp³-hybridized carbons (Fsp3) is 0.400. The Morgan fingerprint density at radius 2 is 1.90 bits per heavy atom. The molecule has 0 aliphatic carbocycles. The Morgan fingerprint density at radius 3 is 2.74 bits per heavy atom. The molecule has 2 saturated heterocycles. The van der Waals surface area contributed by atoms with Gasteiger partial charge in [0.2, 0.25) is 0 Å². The molecule has 2 aromatic carbocycles. The van der Waals surface area contributed by atoms with Crippen molar-refractivity contribution in [2.75, 3.05) is 37.6 Å². The van der Waals surface area contributed by atoms with Crippen molar-refractivity contribution < 1.29 is 4.79 Å². The molecule has 2 aliphatic heterocycles. The minimum absolute atomic E-state index is 0.0956. The fourth-order valence-corrected chi connectivity index (χ4v) is 5.46. The molecule has 1 aromatic heterocycles. The highest BCUT2D eigenvalue weighted by Crippen LogP contribution is 2.33. The van der Waals surface area contributed by atoms with Crippen molar-refractivity contribution in [1.29, 1.82) is 0 Å². The number of anilines is 1. The quantitative estimate of drug-likeness (QED) is 0.528. The zero-order valence-corrected chi connectivity index (χ0v) is 19.3. The Kier molecular flexibility index (Phi) is 5.90. The summed E-state index contributed by atoms with van der Waals surface area (Å²) in [6.45, 7) is 4.45. The smallest absolute Gasteiger partial charge is 0.317 e. The second kappa shape index (κ2) is 8.95. The topological polar surface area (TPSA) is 51.4 Å². The van der Waals surface area contributed by atoms with Crippen molar-refractivity contribution in [3.63, 3.8) is 0 Å². The number of urea groups is 1. The summed E-state index contributed by atoms with van der Waals surface area (Å²) >= 11 is 3.56. The fourth-order valence-electron chi connectivity index (χ4n) is 5.08. The molecule has 0 spiro atoms. The number of piperidine rings is 1. The number of carbonyl (C=O) groups is 1. The lowest BCUT2D eigenvalue weighted by Crippen LogP contribution is -2.45. The maximum absolute atomic E-state index is 12.7. The van der Waals surface area contributed by atoms with Crippen molar-refractivity contribution in [3.8, 4) is 0 Å². The predicted molar refractivity (Wildman–Crippen MR) is 130 cm³/mol. The summed E-state index contributed by atoms with van der Waals surface area (Å²) < 4.78 is 1.11. The van der Waals surface area contributed by atoms with Crippen LogP contribution in [0.25, 0.3) is 10.9 Å². The number of nitrogens with zero attached hydrogens (tertiary/aromatic N) is 2.